The van der Waals surface area contributed by atoms with Gasteiger partial charge in [-0.1, -0.05) is 6.07 Å². The fourth-order valence-corrected chi connectivity index (χ4v) is 4.00. The van der Waals surface area contributed by atoms with E-state index in [2.05, 4.69) is 15.2 Å². The van der Waals surface area contributed by atoms with E-state index in [0.717, 1.165) is 46.3 Å². The lowest BCUT2D eigenvalue weighted by atomic mass is 10.0. The maximum atomic E-state index is 13.1. The topological polar surface area (TPSA) is 72.9 Å². The van der Waals surface area contributed by atoms with Crippen molar-refractivity contribution in [2.75, 3.05) is 17.2 Å². The van der Waals surface area contributed by atoms with Crippen LogP contribution in [0.4, 0.5) is 30.4 Å². The van der Waals surface area contributed by atoms with Gasteiger partial charge in [0.05, 0.1) is 16.9 Å². The SMILES string of the molecule is Cc1nnc2n1-c1ccc(-c3ccc(N)nc3)cc1N(c1ccc(C(F)(F)F)cc1)CC2. The molecule has 32 heavy (non-hydrogen) atoms. The van der Waals surface area contributed by atoms with Crippen molar-refractivity contribution in [3.8, 4) is 16.8 Å². The predicted molar refractivity (Wildman–Crippen MR) is 116 cm³/mol. The number of nitrogen functional groups attached to an aromatic ring is 1. The van der Waals surface area contributed by atoms with Gasteiger partial charge in [-0.05, 0) is 61.0 Å². The van der Waals surface area contributed by atoms with Crippen LogP contribution in [-0.2, 0) is 12.6 Å². The zero-order valence-electron chi connectivity index (χ0n) is 17.1. The minimum atomic E-state index is -4.38. The van der Waals surface area contributed by atoms with Crippen LogP contribution in [0.3, 0.4) is 0 Å². The highest BCUT2D eigenvalue weighted by Crippen LogP contribution is 2.39. The van der Waals surface area contributed by atoms with Gasteiger partial charge in [-0.3, -0.25) is 4.57 Å². The van der Waals surface area contributed by atoms with Crippen LogP contribution in [0.15, 0.2) is 60.8 Å². The fraction of sp³-hybridized carbons (Fsp3) is 0.174. The molecule has 0 saturated heterocycles. The fourth-order valence-electron chi connectivity index (χ4n) is 4.00. The largest absolute Gasteiger partial charge is 0.416 e. The lowest BCUT2D eigenvalue weighted by Gasteiger charge is -2.26. The number of fused-ring (bicyclic) bond motifs is 3. The summed E-state index contributed by atoms with van der Waals surface area (Å²) >= 11 is 0. The number of anilines is 3. The molecular weight excluding hydrogens is 417 g/mol. The summed E-state index contributed by atoms with van der Waals surface area (Å²) in [7, 11) is 0. The number of nitrogens with two attached hydrogens (primary N) is 1. The molecule has 4 aromatic rings. The van der Waals surface area contributed by atoms with E-state index in [1.807, 2.05) is 40.7 Å². The van der Waals surface area contributed by atoms with Crippen molar-refractivity contribution in [1.82, 2.24) is 19.7 Å². The van der Waals surface area contributed by atoms with Gasteiger partial charge >= 0.3 is 6.18 Å². The Morgan fingerprint density at radius 3 is 2.34 bits per heavy atom. The van der Waals surface area contributed by atoms with Gasteiger partial charge in [-0.2, -0.15) is 13.2 Å². The van der Waals surface area contributed by atoms with Gasteiger partial charge in [0.1, 0.15) is 17.5 Å². The van der Waals surface area contributed by atoms with E-state index in [4.69, 9.17) is 5.73 Å². The van der Waals surface area contributed by atoms with Gasteiger partial charge in [-0.25, -0.2) is 4.98 Å². The maximum absolute atomic E-state index is 13.1. The summed E-state index contributed by atoms with van der Waals surface area (Å²) in [5.74, 6) is 1.98. The van der Waals surface area contributed by atoms with Crippen LogP contribution in [0.25, 0.3) is 16.8 Å². The Labute approximate surface area is 182 Å². The molecule has 3 heterocycles. The second-order valence-electron chi connectivity index (χ2n) is 7.62. The summed E-state index contributed by atoms with van der Waals surface area (Å²) in [6.07, 6.45) is -2.09. The number of halogens is 3. The molecule has 0 aliphatic carbocycles. The summed E-state index contributed by atoms with van der Waals surface area (Å²) in [6.45, 7) is 2.42. The highest BCUT2D eigenvalue weighted by molar-refractivity contribution is 5.79. The Morgan fingerprint density at radius 2 is 1.66 bits per heavy atom. The van der Waals surface area contributed by atoms with Gasteiger partial charge in [0.15, 0.2) is 0 Å². The van der Waals surface area contributed by atoms with E-state index < -0.39 is 11.7 Å². The number of hydrogen-bond donors (Lipinski definition) is 1. The van der Waals surface area contributed by atoms with E-state index in [-0.39, 0.29) is 0 Å². The predicted octanol–water partition coefficient (Wildman–Crippen LogP) is 4.93. The van der Waals surface area contributed by atoms with Crippen LogP contribution in [0.1, 0.15) is 17.2 Å². The molecule has 0 unspecified atom stereocenters. The molecule has 0 saturated carbocycles. The smallest absolute Gasteiger partial charge is 0.384 e. The first-order chi connectivity index (χ1) is 15.3. The first-order valence-electron chi connectivity index (χ1n) is 10.0. The molecule has 0 radical (unpaired) electrons. The molecule has 2 aromatic heterocycles. The average molecular weight is 436 g/mol. The van der Waals surface area contributed by atoms with Crippen molar-refractivity contribution in [3.05, 3.63) is 78.0 Å². The molecule has 2 N–H and O–H groups in total. The summed E-state index contributed by atoms with van der Waals surface area (Å²) in [5, 5.41) is 8.50. The second-order valence-corrected chi connectivity index (χ2v) is 7.62. The number of aryl methyl sites for hydroxylation is 1. The zero-order chi connectivity index (χ0) is 22.5. The van der Waals surface area contributed by atoms with Crippen molar-refractivity contribution in [1.29, 1.82) is 0 Å². The first kappa shape index (κ1) is 20.0. The normalized spacial score (nSPS) is 13.4. The van der Waals surface area contributed by atoms with Crippen LogP contribution in [0.5, 0.6) is 0 Å². The van der Waals surface area contributed by atoms with Gasteiger partial charge in [0.2, 0.25) is 0 Å². The Bertz CT molecular complexity index is 1280. The van der Waals surface area contributed by atoms with Gasteiger partial charge in [0.25, 0.3) is 0 Å². The molecular formula is C23H19F3N6. The van der Waals surface area contributed by atoms with Crippen molar-refractivity contribution in [2.45, 2.75) is 19.5 Å². The van der Waals surface area contributed by atoms with Crippen LogP contribution in [0.2, 0.25) is 0 Å². The Morgan fingerprint density at radius 1 is 0.906 bits per heavy atom. The van der Waals surface area contributed by atoms with Crippen molar-refractivity contribution in [3.63, 3.8) is 0 Å². The number of nitrogens with zero attached hydrogens (tertiary/aromatic N) is 5. The van der Waals surface area contributed by atoms with E-state index >= 15 is 0 Å². The molecule has 5 rings (SSSR count). The third-order valence-corrected chi connectivity index (χ3v) is 5.58. The standard InChI is InChI=1S/C23H19F3N6/c1-14-29-30-22-10-11-31(18-6-4-17(5-7-18)23(24,25)26)20-12-15(2-8-19(20)32(14)22)16-3-9-21(27)28-13-16/h2-9,12-13H,10-11H2,1H3,(H2,27,28). The minimum Gasteiger partial charge on any atom is -0.384 e. The number of rotatable bonds is 2. The molecule has 1 aliphatic heterocycles. The Balaban J connectivity index is 1.66. The zero-order valence-corrected chi connectivity index (χ0v) is 17.1. The molecule has 1 aliphatic rings. The molecule has 9 heteroatoms. The number of pyridine rings is 1. The Kier molecular flexibility index (Phi) is 4.61. The Hall–Kier alpha value is -3.88. The molecule has 0 fully saturated rings. The quantitative estimate of drug-likeness (QED) is 0.482. The van der Waals surface area contributed by atoms with E-state index in [9.17, 15) is 13.2 Å². The third kappa shape index (κ3) is 3.45. The maximum Gasteiger partial charge on any atom is 0.416 e. The highest BCUT2D eigenvalue weighted by atomic mass is 19.4. The molecule has 162 valence electrons. The summed E-state index contributed by atoms with van der Waals surface area (Å²) in [6, 6.07) is 14.8. The monoisotopic (exact) mass is 436 g/mol. The van der Waals surface area contributed by atoms with Gasteiger partial charge in [0, 0.05) is 30.4 Å². The summed E-state index contributed by atoms with van der Waals surface area (Å²) < 4.78 is 41.2. The van der Waals surface area contributed by atoms with Crippen LogP contribution < -0.4 is 10.6 Å². The lowest BCUT2D eigenvalue weighted by molar-refractivity contribution is -0.137. The number of benzene rings is 2. The van der Waals surface area contributed by atoms with Gasteiger partial charge < -0.3 is 10.6 Å². The van der Waals surface area contributed by atoms with E-state index in [0.29, 0.717) is 24.5 Å². The third-order valence-electron chi connectivity index (χ3n) is 5.58. The van der Waals surface area contributed by atoms with Crippen LogP contribution in [-0.4, -0.2) is 26.3 Å². The van der Waals surface area contributed by atoms with Crippen molar-refractivity contribution in [2.24, 2.45) is 0 Å². The van der Waals surface area contributed by atoms with E-state index in [1.54, 1.807) is 12.3 Å². The second kappa shape index (κ2) is 7.37. The summed E-state index contributed by atoms with van der Waals surface area (Å²) in [4.78, 5) is 6.18. The molecule has 6 nitrogen and oxygen atoms in total. The molecule has 0 bridgehead atoms. The number of hydrogen-bond acceptors (Lipinski definition) is 5. The van der Waals surface area contributed by atoms with Crippen LogP contribution in [0, 0.1) is 6.92 Å². The minimum absolute atomic E-state index is 0.430. The highest BCUT2D eigenvalue weighted by Gasteiger charge is 2.31. The van der Waals surface area contributed by atoms with Gasteiger partial charge in [-0.15, -0.1) is 10.2 Å². The van der Waals surface area contributed by atoms with Crippen molar-refractivity contribution >= 4 is 17.2 Å². The first-order valence-corrected chi connectivity index (χ1v) is 10.0. The van der Waals surface area contributed by atoms with E-state index in [1.165, 1.54) is 12.1 Å². The van der Waals surface area contributed by atoms with Crippen molar-refractivity contribution < 1.29 is 13.2 Å². The van der Waals surface area contributed by atoms with Crippen LogP contribution >= 0.6 is 0 Å². The molecule has 0 atom stereocenters. The average Bonchev–Trinajstić information content (AvgIpc) is 3.05. The number of alkyl halides is 3. The summed E-state index contributed by atoms with van der Waals surface area (Å²) in [5.41, 5.74) is 9.24. The number of aromatic nitrogens is 4. The molecule has 2 aromatic carbocycles. The molecule has 0 amide bonds. The lowest BCUT2D eigenvalue weighted by Crippen LogP contribution is -2.20. The molecule has 0 spiro atoms.